The molecule has 0 atom stereocenters. The quantitative estimate of drug-likeness (QED) is 0.494. The minimum absolute atomic E-state index is 0. The molecule has 2 aromatic carbocycles. The second-order valence-corrected chi connectivity index (χ2v) is 10.3. The maximum atomic E-state index is 2.38. The molecular formula is C24H24F2Zr. The Kier molecular flexibility index (Phi) is 8.32. The molecule has 0 aromatic heterocycles. The molecule has 0 radical (unpaired) electrons. The molecule has 3 heteroatoms. The van der Waals surface area contributed by atoms with Crippen molar-refractivity contribution in [1.29, 1.82) is 0 Å². The molecule has 0 aliphatic heterocycles. The Balaban J connectivity index is 0.00000131. The van der Waals surface area contributed by atoms with Crippen molar-refractivity contribution in [1.82, 2.24) is 0 Å². The van der Waals surface area contributed by atoms with Crippen molar-refractivity contribution in [2.45, 2.75) is 25.7 Å². The Labute approximate surface area is 171 Å². The summed E-state index contributed by atoms with van der Waals surface area (Å²) in [6, 6.07) is 21.8. The fourth-order valence-electron chi connectivity index (χ4n) is 3.51. The Morgan fingerprint density at radius 2 is 1.00 bits per heavy atom. The molecule has 0 saturated heterocycles. The molecule has 0 saturated carbocycles. The second kappa shape index (κ2) is 10.5. The number of hydrogen-bond donors (Lipinski definition) is 0. The SMILES string of the molecule is C1=CC(Cc2ccccc2)=[C]([Zr][C]2=C(Cc3ccccc3)C=CC2)C1.F.F. The maximum absolute atomic E-state index is 2.38. The molecule has 2 aliphatic rings. The molecule has 0 bridgehead atoms. The van der Waals surface area contributed by atoms with Crippen LogP contribution in [0.4, 0.5) is 9.41 Å². The van der Waals surface area contributed by atoms with Crippen LogP contribution in [0.1, 0.15) is 24.0 Å². The molecule has 0 N–H and O–H groups in total. The number of rotatable bonds is 6. The zero-order valence-electron chi connectivity index (χ0n) is 15.2. The van der Waals surface area contributed by atoms with Crippen molar-refractivity contribution < 1.29 is 32.6 Å². The average Bonchev–Trinajstić information content (AvgIpc) is 3.27. The van der Waals surface area contributed by atoms with Crippen LogP contribution >= 0.6 is 0 Å². The first-order valence-corrected chi connectivity index (χ1v) is 11.5. The predicted molar refractivity (Wildman–Crippen MR) is 107 cm³/mol. The van der Waals surface area contributed by atoms with Gasteiger partial charge in [-0.05, 0) is 0 Å². The van der Waals surface area contributed by atoms with E-state index in [2.05, 4.69) is 85.0 Å². The standard InChI is InChI=1S/2C12H11.2FH.Zr/c2*1-2-6-11(7-3-1)10-12-8-4-5-9-12;;;/h2*1-4,6-8H,5,10H2;2*1H;. The van der Waals surface area contributed by atoms with Crippen molar-refractivity contribution in [3.05, 3.63) is 114 Å². The Hall–Kier alpha value is -1.86. The van der Waals surface area contributed by atoms with Crippen LogP contribution in [0.5, 0.6) is 0 Å². The van der Waals surface area contributed by atoms with Crippen molar-refractivity contribution in [2.24, 2.45) is 0 Å². The molecule has 0 nitrogen and oxygen atoms in total. The van der Waals surface area contributed by atoms with Gasteiger partial charge in [0, 0.05) is 0 Å². The summed E-state index contributed by atoms with van der Waals surface area (Å²) in [4.78, 5) is 0. The van der Waals surface area contributed by atoms with Crippen LogP contribution in [0.3, 0.4) is 0 Å². The molecule has 0 amide bonds. The minimum atomic E-state index is -0.655. The van der Waals surface area contributed by atoms with Gasteiger partial charge in [0.25, 0.3) is 0 Å². The van der Waals surface area contributed by atoms with Gasteiger partial charge in [0.1, 0.15) is 0 Å². The molecule has 138 valence electrons. The van der Waals surface area contributed by atoms with Gasteiger partial charge in [-0.3, -0.25) is 9.41 Å². The first-order valence-electron chi connectivity index (χ1n) is 9.00. The topological polar surface area (TPSA) is 0 Å². The van der Waals surface area contributed by atoms with Gasteiger partial charge < -0.3 is 0 Å². The third-order valence-corrected chi connectivity index (χ3v) is 8.90. The summed E-state index contributed by atoms with van der Waals surface area (Å²) in [5, 5.41) is 0. The van der Waals surface area contributed by atoms with E-state index >= 15 is 0 Å². The van der Waals surface area contributed by atoms with Gasteiger partial charge in [-0.2, -0.15) is 0 Å². The summed E-state index contributed by atoms with van der Waals surface area (Å²) in [5.74, 6) is 0. The maximum Gasteiger partial charge on any atom is -0.269 e. The molecule has 2 aliphatic carbocycles. The number of allylic oxidation sites excluding steroid dienone is 8. The van der Waals surface area contributed by atoms with Crippen molar-refractivity contribution >= 4 is 0 Å². The summed E-state index contributed by atoms with van der Waals surface area (Å²) >= 11 is -0.655. The number of benzene rings is 2. The first-order chi connectivity index (χ1) is 12.4. The summed E-state index contributed by atoms with van der Waals surface area (Å²) in [6.07, 6.45) is 14.1. The average molecular weight is 442 g/mol. The zero-order chi connectivity index (χ0) is 16.9. The smallest absolute Gasteiger partial charge is 0.269 e. The van der Waals surface area contributed by atoms with E-state index in [-0.39, 0.29) is 9.41 Å². The van der Waals surface area contributed by atoms with E-state index in [1.165, 1.54) is 24.0 Å². The van der Waals surface area contributed by atoms with Crippen LogP contribution in [-0.4, -0.2) is 0 Å². The summed E-state index contributed by atoms with van der Waals surface area (Å²) in [7, 11) is 0. The van der Waals surface area contributed by atoms with Gasteiger partial charge in [0.05, 0.1) is 0 Å². The van der Waals surface area contributed by atoms with E-state index < -0.39 is 23.2 Å². The monoisotopic (exact) mass is 440 g/mol. The van der Waals surface area contributed by atoms with Crippen molar-refractivity contribution in [2.75, 3.05) is 0 Å². The van der Waals surface area contributed by atoms with Gasteiger partial charge >= 0.3 is 163 Å². The van der Waals surface area contributed by atoms with Crippen LogP contribution in [-0.2, 0) is 36.1 Å². The molecule has 0 spiro atoms. The molecule has 4 rings (SSSR count). The molecule has 0 heterocycles. The van der Waals surface area contributed by atoms with Gasteiger partial charge in [-0.15, -0.1) is 0 Å². The van der Waals surface area contributed by atoms with Crippen molar-refractivity contribution in [3.8, 4) is 0 Å². The predicted octanol–water partition coefficient (Wildman–Crippen LogP) is 6.29. The third kappa shape index (κ3) is 5.56. The summed E-state index contributed by atoms with van der Waals surface area (Å²) < 4.78 is 3.55. The largest absolute Gasteiger partial charge is 0.269 e. The fourth-order valence-corrected chi connectivity index (χ4v) is 7.12. The molecular weight excluding hydrogens is 417 g/mol. The fraction of sp³-hybridized carbons (Fsp3) is 0.167. The molecule has 0 fully saturated rings. The zero-order valence-corrected chi connectivity index (χ0v) is 17.7. The van der Waals surface area contributed by atoms with Crippen LogP contribution in [0.25, 0.3) is 0 Å². The molecule has 0 unspecified atom stereocenters. The molecule has 2 aromatic rings. The number of halogens is 2. The van der Waals surface area contributed by atoms with Gasteiger partial charge in [-0.25, -0.2) is 0 Å². The first kappa shape index (κ1) is 21.4. The van der Waals surface area contributed by atoms with E-state index in [9.17, 15) is 0 Å². The summed E-state index contributed by atoms with van der Waals surface area (Å²) in [6.45, 7) is 0. The van der Waals surface area contributed by atoms with Crippen LogP contribution in [0.15, 0.2) is 103 Å². The van der Waals surface area contributed by atoms with Gasteiger partial charge in [0.15, 0.2) is 0 Å². The third-order valence-electron chi connectivity index (χ3n) is 4.83. The van der Waals surface area contributed by atoms with Crippen LogP contribution < -0.4 is 0 Å². The minimum Gasteiger partial charge on any atom is -0.269 e. The van der Waals surface area contributed by atoms with E-state index in [0.29, 0.717) is 0 Å². The van der Waals surface area contributed by atoms with Gasteiger partial charge in [-0.1, -0.05) is 0 Å². The van der Waals surface area contributed by atoms with Crippen LogP contribution in [0, 0.1) is 0 Å². The Morgan fingerprint density at radius 1 is 0.593 bits per heavy atom. The van der Waals surface area contributed by atoms with Crippen LogP contribution in [0.2, 0.25) is 0 Å². The molecule has 27 heavy (non-hydrogen) atoms. The summed E-state index contributed by atoms with van der Waals surface area (Å²) in [5.41, 5.74) is 6.06. The second-order valence-electron chi connectivity index (χ2n) is 6.67. The Morgan fingerprint density at radius 3 is 1.41 bits per heavy atom. The Bertz CT molecular complexity index is 788. The van der Waals surface area contributed by atoms with E-state index in [4.69, 9.17) is 0 Å². The number of hydrogen-bond acceptors (Lipinski definition) is 0. The van der Waals surface area contributed by atoms with Crippen molar-refractivity contribution in [3.63, 3.8) is 0 Å². The van der Waals surface area contributed by atoms with E-state index in [1.807, 2.05) is 0 Å². The van der Waals surface area contributed by atoms with E-state index in [0.717, 1.165) is 12.8 Å². The van der Waals surface area contributed by atoms with E-state index in [1.54, 1.807) is 17.7 Å². The normalized spacial score (nSPS) is 15.0. The van der Waals surface area contributed by atoms with Gasteiger partial charge in [0.2, 0.25) is 0 Å².